The molecule has 3 rings (SSSR count). The van der Waals surface area contributed by atoms with E-state index in [0.29, 0.717) is 36.3 Å². The predicted octanol–water partition coefficient (Wildman–Crippen LogP) is 6.16. The van der Waals surface area contributed by atoms with Crippen LogP contribution < -0.4 is 5.32 Å². The van der Waals surface area contributed by atoms with E-state index in [4.69, 9.17) is 46.4 Å². The third kappa shape index (κ3) is 3.03. The minimum absolute atomic E-state index is 0.313. The number of hydrogen-bond acceptors (Lipinski definition) is 3. The minimum Gasteiger partial charge on any atom is -0.298 e. The molecule has 8 heteroatoms. The smallest absolute Gasteiger partial charge is 0.257 e. The van der Waals surface area contributed by atoms with Gasteiger partial charge in [-0.05, 0) is 30.3 Å². The highest BCUT2D eigenvalue weighted by Crippen LogP contribution is 2.35. The second-order valence-corrected chi connectivity index (χ2v) is 6.94. The molecule has 0 saturated carbocycles. The number of carbonyl (C=O) groups excluding carboxylic acids is 1. The second kappa shape index (κ2) is 6.22. The fourth-order valence-corrected chi connectivity index (χ4v) is 3.38. The molecule has 22 heavy (non-hydrogen) atoms. The number of amides is 1. The van der Waals surface area contributed by atoms with Crippen LogP contribution in [-0.2, 0) is 0 Å². The van der Waals surface area contributed by atoms with Crippen LogP contribution in [0.3, 0.4) is 0 Å². The van der Waals surface area contributed by atoms with Gasteiger partial charge in [0.1, 0.15) is 5.52 Å². The monoisotopic (exact) mass is 390 g/mol. The van der Waals surface area contributed by atoms with Gasteiger partial charge in [0.25, 0.3) is 5.91 Å². The van der Waals surface area contributed by atoms with Crippen molar-refractivity contribution in [2.24, 2.45) is 0 Å². The average Bonchev–Trinajstić information content (AvgIpc) is 2.89. The van der Waals surface area contributed by atoms with E-state index in [9.17, 15) is 4.79 Å². The van der Waals surface area contributed by atoms with E-state index < -0.39 is 0 Å². The highest BCUT2D eigenvalue weighted by molar-refractivity contribution is 7.22. The predicted molar refractivity (Wildman–Crippen MR) is 94.1 cm³/mol. The van der Waals surface area contributed by atoms with E-state index in [-0.39, 0.29) is 5.91 Å². The third-order valence-electron chi connectivity index (χ3n) is 2.85. The Labute approximate surface area is 149 Å². The lowest BCUT2D eigenvalue weighted by Crippen LogP contribution is -2.11. The van der Waals surface area contributed by atoms with Gasteiger partial charge in [0.2, 0.25) is 0 Å². The van der Waals surface area contributed by atoms with Gasteiger partial charge in [0.05, 0.1) is 24.8 Å². The molecule has 0 aliphatic carbocycles. The zero-order chi connectivity index (χ0) is 15.9. The van der Waals surface area contributed by atoms with Gasteiger partial charge in [-0.15, -0.1) is 0 Å². The summed E-state index contributed by atoms with van der Waals surface area (Å²) in [4.78, 5) is 16.5. The van der Waals surface area contributed by atoms with E-state index in [2.05, 4.69) is 10.3 Å². The van der Waals surface area contributed by atoms with Crippen LogP contribution in [0.4, 0.5) is 5.13 Å². The molecule has 0 spiro atoms. The summed E-state index contributed by atoms with van der Waals surface area (Å²) in [6.45, 7) is 0. The van der Waals surface area contributed by atoms with Crippen molar-refractivity contribution in [3.63, 3.8) is 0 Å². The summed E-state index contributed by atoms with van der Waals surface area (Å²) in [6, 6.07) is 8.13. The molecule has 1 heterocycles. The van der Waals surface area contributed by atoms with E-state index in [1.54, 1.807) is 24.3 Å². The molecule has 3 nitrogen and oxygen atoms in total. The molecular weight excluding hydrogens is 386 g/mol. The lowest BCUT2D eigenvalue weighted by Gasteiger charge is -2.02. The van der Waals surface area contributed by atoms with Crippen molar-refractivity contribution >= 4 is 79.0 Å². The Kier molecular flexibility index (Phi) is 4.48. The molecule has 0 radical (unpaired) electrons. The number of benzene rings is 2. The summed E-state index contributed by atoms with van der Waals surface area (Å²) in [5.41, 5.74) is 0.946. The molecule has 1 aromatic heterocycles. The van der Waals surface area contributed by atoms with E-state index in [1.807, 2.05) is 0 Å². The average molecular weight is 392 g/mol. The summed E-state index contributed by atoms with van der Waals surface area (Å²) in [5.74, 6) is -0.333. The zero-order valence-corrected chi connectivity index (χ0v) is 14.5. The van der Waals surface area contributed by atoms with Crippen molar-refractivity contribution in [1.29, 1.82) is 0 Å². The van der Waals surface area contributed by atoms with E-state index >= 15 is 0 Å². The summed E-state index contributed by atoms with van der Waals surface area (Å²) >= 11 is 25.1. The quantitative estimate of drug-likeness (QED) is 0.568. The number of rotatable bonds is 2. The van der Waals surface area contributed by atoms with Gasteiger partial charge in [-0.3, -0.25) is 10.1 Å². The number of fused-ring (bicyclic) bond motifs is 1. The van der Waals surface area contributed by atoms with Crippen molar-refractivity contribution < 1.29 is 4.79 Å². The summed E-state index contributed by atoms with van der Waals surface area (Å²) in [6.07, 6.45) is 0. The van der Waals surface area contributed by atoms with Crippen LogP contribution in [0.15, 0.2) is 30.3 Å². The Morgan fingerprint density at radius 2 is 1.73 bits per heavy atom. The number of thiazole rings is 1. The summed E-state index contributed by atoms with van der Waals surface area (Å²) < 4.78 is 0.832. The van der Waals surface area contributed by atoms with Crippen LogP contribution in [0, 0.1) is 0 Å². The van der Waals surface area contributed by atoms with Crippen LogP contribution in [0.25, 0.3) is 10.2 Å². The van der Waals surface area contributed by atoms with Crippen molar-refractivity contribution in [3.05, 3.63) is 56.0 Å². The molecule has 0 atom stereocenters. The third-order valence-corrected chi connectivity index (χ3v) is 5.32. The largest absolute Gasteiger partial charge is 0.298 e. The van der Waals surface area contributed by atoms with Crippen LogP contribution in [0.1, 0.15) is 10.4 Å². The number of carbonyl (C=O) groups is 1. The van der Waals surface area contributed by atoms with Crippen molar-refractivity contribution in [3.8, 4) is 0 Å². The first-order valence-corrected chi connectivity index (χ1v) is 8.29. The SMILES string of the molecule is O=C(Nc1nc2c(Cl)c(Cl)ccc2s1)c1ccc(Cl)c(Cl)c1. The maximum atomic E-state index is 12.2. The Balaban J connectivity index is 1.90. The molecule has 0 bridgehead atoms. The van der Waals surface area contributed by atoms with Gasteiger partial charge in [-0.2, -0.15) is 0 Å². The van der Waals surface area contributed by atoms with Crippen molar-refractivity contribution in [2.45, 2.75) is 0 Å². The molecule has 3 aromatic rings. The first kappa shape index (κ1) is 15.8. The molecule has 0 aliphatic heterocycles. The van der Waals surface area contributed by atoms with Crippen LogP contribution >= 0.6 is 57.7 Å². The second-order valence-electron chi connectivity index (χ2n) is 4.31. The molecule has 0 unspecified atom stereocenters. The minimum atomic E-state index is -0.333. The van der Waals surface area contributed by atoms with Gasteiger partial charge in [0.15, 0.2) is 5.13 Å². The number of anilines is 1. The van der Waals surface area contributed by atoms with Crippen LogP contribution in [0.2, 0.25) is 20.1 Å². The van der Waals surface area contributed by atoms with Gasteiger partial charge in [0, 0.05) is 5.56 Å². The lowest BCUT2D eigenvalue weighted by molar-refractivity contribution is 0.102. The molecule has 1 N–H and O–H groups in total. The first-order valence-electron chi connectivity index (χ1n) is 5.96. The fourth-order valence-electron chi connectivity index (χ4n) is 1.80. The molecule has 0 saturated heterocycles. The van der Waals surface area contributed by atoms with Crippen molar-refractivity contribution in [2.75, 3.05) is 5.32 Å². The molecule has 0 fully saturated rings. The topological polar surface area (TPSA) is 42.0 Å². The zero-order valence-electron chi connectivity index (χ0n) is 10.7. The summed E-state index contributed by atoms with van der Waals surface area (Å²) in [7, 11) is 0. The number of nitrogens with zero attached hydrogens (tertiary/aromatic N) is 1. The summed E-state index contributed by atoms with van der Waals surface area (Å²) in [5, 5.41) is 4.62. The maximum Gasteiger partial charge on any atom is 0.257 e. The molecule has 2 aromatic carbocycles. The molecule has 112 valence electrons. The number of nitrogens with one attached hydrogen (secondary N) is 1. The highest BCUT2D eigenvalue weighted by Gasteiger charge is 2.14. The highest BCUT2D eigenvalue weighted by atomic mass is 35.5. The fraction of sp³-hybridized carbons (Fsp3) is 0. The molecule has 0 aliphatic rings. The Morgan fingerprint density at radius 3 is 2.45 bits per heavy atom. The number of hydrogen-bond donors (Lipinski definition) is 1. The Morgan fingerprint density at radius 1 is 1.00 bits per heavy atom. The van der Waals surface area contributed by atoms with Crippen LogP contribution in [-0.4, -0.2) is 10.9 Å². The Bertz CT molecular complexity index is 894. The van der Waals surface area contributed by atoms with Crippen LogP contribution in [0.5, 0.6) is 0 Å². The van der Waals surface area contributed by atoms with Gasteiger partial charge >= 0.3 is 0 Å². The molecular formula is C14H6Cl4N2OS. The van der Waals surface area contributed by atoms with E-state index in [1.165, 1.54) is 17.4 Å². The number of aromatic nitrogens is 1. The van der Waals surface area contributed by atoms with E-state index in [0.717, 1.165) is 4.70 Å². The van der Waals surface area contributed by atoms with Gasteiger partial charge < -0.3 is 0 Å². The van der Waals surface area contributed by atoms with Crippen molar-refractivity contribution in [1.82, 2.24) is 4.98 Å². The number of halogens is 4. The van der Waals surface area contributed by atoms with Gasteiger partial charge in [-0.25, -0.2) is 4.98 Å². The maximum absolute atomic E-state index is 12.2. The Hall–Kier alpha value is -1.04. The normalized spacial score (nSPS) is 10.9. The first-order chi connectivity index (χ1) is 10.5. The molecule has 1 amide bonds. The van der Waals surface area contributed by atoms with Gasteiger partial charge in [-0.1, -0.05) is 57.7 Å². The standard InChI is InChI=1S/C14H6Cl4N2OS/c15-7-2-1-6(5-9(7)17)13(21)20-14-19-12-10(22-14)4-3-8(16)11(12)18/h1-5H,(H,19,20,21). The lowest BCUT2D eigenvalue weighted by atomic mass is 10.2.